The van der Waals surface area contributed by atoms with Crippen molar-refractivity contribution in [1.29, 1.82) is 0 Å². The Kier molecular flexibility index (Phi) is 3.32. The Hall–Kier alpha value is -1.84. The zero-order valence-electron chi connectivity index (χ0n) is 9.44. The van der Waals surface area contributed by atoms with Gasteiger partial charge in [-0.3, -0.25) is 0 Å². The van der Waals surface area contributed by atoms with Gasteiger partial charge in [0.25, 0.3) is 0 Å². The molecule has 0 unspecified atom stereocenters. The summed E-state index contributed by atoms with van der Waals surface area (Å²) in [5, 5.41) is 17.9. The van der Waals surface area contributed by atoms with Crippen LogP contribution in [0.15, 0.2) is 12.1 Å². The first-order chi connectivity index (χ1) is 7.34. The van der Waals surface area contributed by atoms with Gasteiger partial charge < -0.3 is 10.2 Å². The molecule has 0 fully saturated rings. The molecular weight excluding hydrogens is 208 g/mol. The maximum atomic E-state index is 10.9. The first-order valence-electron chi connectivity index (χ1n) is 4.95. The van der Waals surface area contributed by atoms with Gasteiger partial charge in [-0.1, -0.05) is 13.8 Å². The number of carboxylic acids is 2. The standard InChI is InChI=1S/C12H14O4/c1-6(2)8-5-10(12(15)16)9(11(13)14)4-7(8)3/h4-6H,1-3H3,(H,13,14)(H,15,16). The molecule has 0 saturated carbocycles. The Balaban J connectivity index is 3.49. The van der Waals surface area contributed by atoms with E-state index in [0.29, 0.717) is 0 Å². The molecule has 86 valence electrons. The van der Waals surface area contributed by atoms with Crippen LogP contribution >= 0.6 is 0 Å². The Labute approximate surface area is 93.5 Å². The maximum absolute atomic E-state index is 10.9. The summed E-state index contributed by atoms with van der Waals surface area (Å²) in [6, 6.07) is 2.87. The van der Waals surface area contributed by atoms with E-state index in [4.69, 9.17) is 10.2 Å². The van der Waals surface area contributed by atoms with E-state index in [0.717, 1.165) is 11.1 Å². The molecule has 1 aromatic rings. The molecule has 1 aromatic carbocycles. The number of carboxylic acid groups (broad SMARTS) is 2. The molecule has 0 aliphatic carbocycles. The zero-order chi connectivity index (χ0) is 12.5. The van der Waals surface area contributed by atoms with Crippen molar-refractivity contribution in [3.05, 3.63) is 34.4 Å². The average Bonchev–Trinajstić information content (AvgIpc) is 2.15. The van der Waals surface area contributed by atoms with Crippen LogP contribution in [0, 0.1) is 6.92 Å². The average molecular weight is 222 g/mol. The molecule has 0 bridgehead atoms. The summed E-state index contributed by atoms with van der Waals surface area (Å²) < 4.78 is 0. The number of rotatable bonds is 3. The minimum Gasteiger partial charge on any atom is -0.478 e. The Bertz CT molecular complexity index is 447. The van der Waals surface area contributed by atoms with Crippen LogP contribution in [0.4, 0.5) is 0 Å². The van der Waals surface area contributed by atoms with Crippen LogP contribution in [0.2, 0.25) is 0 Å². The monoisotopic (exact) mass is 222 g/mol. The summed E-state index contributed by atoms with van der Waals surface area (Å²) >= 11 is 0. The SMILES string of the molecule is Cc1cc(C(=O)O)c(C(=O)O)cc1C(C)C. The van der Waals surface area contributed by atoms with Gasteiger partial charge in [0.1, 0.15) is 0 Å². The predicted molar refractivity (Wildman–Crippen MR) is 59.2 cm³/mol. The molecule has 0 heterocycles. The van der Waals surface area contributed by atoms with E-state index >= 15 is 0 Å². The zero-order valence-corrected chi connectivity index (χ0v) is 9.44. The Morgan fingerprint density at radius 2 is 1.50 bits per heavy atom. The molecule has 0 radical (unpaired) electrons. The fourth-order valence-corrected chi connectivity index (χ4v) is 1.70. The second kappa shape index (κ2) is 4.35. The van der Waals surface area contributed by atoms with Crippen LogP contribution in [0.1, 0.15) is 51.6 Å². The smallest absolute Gasteiger partial charge is 0.336 e. The van der Waals surface area contributed by atoms with E-state index in [1.54, 1.807) is 6.92 Å². The van der Waals surface area contributed by atoms with Gasteiger partial charge >= 0.3 is 11.9 Å². The molecule has 4 heteroatoms. The van der Waals surface area contributed by atoms with Crippen LogP contribution in [-0.4, -0.2) is 22.2 Å². The molecule has 2 N–H and O–H groups in total. The van der Waals surface area contributed by atoms with E-state index in [1.165, 1.54) is 12.1 Å². The highest BCUT2D eigenvalue weighted by Gasteiger charge is 2.18. The molecule has 4 nitrogen and oxygen atoms in total. The van der Waals surface area contributed by atoms with E-state index in [-0.39, 0.29) is 17.0 Å². The summed E-state index contributed by atoms with van der Waals surface area (Å²) in [7, 11) is 0. The van der Waals surface area contributed by atoms with Gasteiger partial charge in [-0.15, -0.1) is 0 Å². The van der Waals surface area contributed by atoms with Crippen molar-refractivity contribution < 1.29 is 19.8 Å². The minimum absolute atomic E-state index is 0.151. The van der Waals surface area contributed by atoms with Crippen LogP contribution in [0.3, 0.4) is 0 Å². The van der Waals surface area contributed by atoms with Crippen LogP contribution < -0.4 is 0 Å². The van der Waals surface area contributed by atoms with Gasteiger partial charge in [-0.05, 0) is 36.1 Å². The van der Waals surface area contributed by atoms with Gasteiger partial charge in [0, 0.05) is 0 Å². The van der Waals surface area contributed by atoms with E-state index < -0.39 is 11.9 Å². The second-order valence-corrected chi connectivity index (χ2v) is 4.02. The number of hydrogen-bond donors (Lipinski definition) is 2. The molecular formula is C12H14O4. The lowest BCUT2D eigenvalue weighted by Gasteiger charge is -2.12. The second-order valence-electron chi connectivity index (χ2n) is 4.02. The van der Waals surface area contributed by atoms with E-state index in [2.05, 4.69) is 0 Å². The lowest BCUT2D eigenvalue weighted by atomic mass is 9.92. The summed E-state index contributed by atoms with van der Waals surface area (Å²) in [6.07, 6.45) is 0. The maximum Gasteiger partial charge on any atom is 0.336 e. The number of aryl methyl sites for hydroxylation is 1. The van der Waals surface area contributed by atoms with Crippen molar-refractivity contribution in [2.24, 2.45) is 0 Å². The van der Waals surface area contributed by atoms with Gasteiger partial charge in [0.05, 0.1) is 11.1 Å². The molecule has 0 aromatic heterocycles. The van der Waals surface area contributed by atoms with E-state index in [1.807, 2.05) is 13.8 Å². The van der Waals surface area contributed by atoms with Gasteiger partial charge in [0.2, 0.25) is 0 Å². The third-order valence-corrected chi connectivity index (χ3v) is 2.49. The van der Waals surface area contributed by atoms with Crippen molar-refractivity contribution in [2.75, 3.05) is 0 Å². The van der Waals surface area contributed by atoms with Crippen molar-refractivity contribution in [3.8, 4) is 0 Å². The fraction of sp³-hybridized carbons (Fsp3) is 0.333. The largest absolute Gasteiger partial charge is 0.478 e. The Morgan fingerprint density at radius 1 is 1.06 bits per heavy atom. The Morgan fingerprint density at radius 3 is 1.88 bits per heavy atom. The molecule has 0 amide bonds. The van der Waals surface area contributed by atoms with Crippen molar-refractivity contribution in [2.45, 2.75) is 26.7 Å². The van der Waals surface area contributed by atoms with Gasteiger partial charge in [0.15, 0.2) is 0 Å². The van der Waals surface area contributed by atoms with Gasteiger partial charge in [-0.25, -0.2) is 9.59 Å². The molecule has 16 heavy (non-hydrogen) atoms. The molecule has 0 spiro atoms. The summed E-state index contributed by atoms with van der Waals surface area (Å²) in [6.45, 7) is 5.66. The molecule has 0 saturated heterocycles. The van der Waals surface area contributed by atoms with Crippen LogP contribution in [0.25, 0.3) is 0 Å². The normalized spacial score (nSPS) is 10.5. The number of benzene rings is 1. The highest BCUT2D eigenvalue weighted by atomic mass is 16.4. The minimum atomic E-state index is -1.21. The lowest BCUT2D eigenvalue weighted by molar-refractivity contribution is 0.0651. The first kappa shape index (κ1) is 12.2. The molecule has 0 aliphatic heterocycles. The first-order valence-corrected chi connectivity index (χ1v) is 4.95. The number of carbonyl (C=O) groups is 2. The summed E-state index contributed by atoms with van der Waals surface area (Å²) in [5.74, 6) is -2.25. The van der Waals surface area contributed by atoms with Crippen molar-refractivity contribution >= 4 is 11.9 Å². The number of hydrogen-bond acceptors (Lipinski definition) is 2. The topological polar surface area (TPSA) is 74.6 Å². The van der Waals surface area contributed by atoms with Crippen LogP contribution in [-0.2, 0) is 0 Å². The molecule has 1 rings (SSSR count). The number of aromatic carboxylic acids is 2. The van der Waals surface area contributed by atoms with Crippen LogP contribution in [0.5, 0.6) is 0 Å². The highest BCUT2D eigenvalue weighted by molar-refractivity contribution is 6.02. The van der Waals surface area contributed by atoms with Gasteiger partial charge in [-0.2, -0.15) is 0 Å². The fourth-order valence-electron chi connectivity index (χ4n) is 1.70. The van der Waals surface area contributed by atoms with E-state index in [9.17, 15) is 9.59 Å². The quantitative estimate of drug-likeness (QED) is 0.824. The molecule has 0 atom stereocenters. The third kappa shape index (κ3) is 2.21. The lowest BCUT2D eigenvalue weighted by Crippen LogP contribution is -2.10. The predicted octanol–water partition coefficient (Wildman–Crippen LogP) is 2.51. The summed E-state index contributed by atoms with van der Waals surface area (Å²) in [4.78, 5) is 21.8. The van der Waals surface area contributed by atoms with Crippen molar-refractivity contribution in [1.82, 2.24) is 0 Å². The van der Waals surface area contributed by atoms with Crippen molar-refractivity contribution in [3.63, 3.8) is 0 Å². The summed E-state index contributed by atoms with van der Waals surface area (Å²) in [5.41, 5.74) is 1.36. The molecule has 0 aliphatic rings. The highest BCUT2D eigenvalue weighted by Crippen LogP contribution is 2.23. The third-order valence-electron chi connectivity index (χ3n) is 2.49.